The molecule has 0 bridgehead atoms. The SMILES string of the molecule is COc1ccc2nc(C(C)=O)oc2c1. The first kappa shape index (κ1) is 8.74. The molecule has 1 aromatic carbocycles. The summed E-state index contributed by atoms with van der Waals surface area (Å²) in [4.78, 5) is 15.0. The second-order valence-corrected chi connectivity index (χ2v) is 2.91. The molecule has 0 amide bonds. The van der Waals surface area contributed by atoms with Crippen molar-refractivity contribution in [2.24, 2.45) is 0 Å². The van der Waals surface area contributed by atoms with Gasteiger partial charge in [0.1, 0.15) is 11.3 Å². The van der Waals surface area contributed by atoms with E-state index in [1.165, 1.54) is 6.92 Å². The van der Waals surface area contributed by atoms with Crippen LogP contribution in [0.1, 0.15) is 17.6 Å². The molecular weight excluding hydrogens is 182 g/mol. The van der Waals surface area contributed by atoms with Crippen LogP contribution in [0, 0.1) is 0 Å². The summed E-state index contributed by atoms with van der Waals surface area (Å²) in [5.41, 5.74) is 1.23. The van der Waals surface area contributed by atoms with Crippen LogP contribution in [-0.2, 0) is 0 Å². The lowest BCUT2D eigenvalue weighted by molar-refractivity contribution is 0.0983. The molecular formula is C10H9NO3. The van der Waals surface area contributed by atoms with Gasteiger partial charge < -0.3 is 9.15 Å². The van der Waals surface area contributed by atoms with Gasteiger partial charge in [-0.25, -0.2) is 4.98 Å². The summed E-state index contributed by atoms with van der Waals surface area (Å²) >= 11 is 0. The van der Waals surface area contributed by atoms with E-state index in [1.54, 1.807) is 25.3 Å². The van der Waals surface area contributed by atoms with Gasteiger partial charge in [-0.05, 0) is 12.1 Å². The summed E-state index contributed by atoms with van der Waals surface area (Å²) in [6.45, 7) is 1.42. The van der Waals surface area contributed by atoms with Gasteiger partial charge in [0.25, 0.3) is 5.89 Å². The molecule has 0 saturated heterocycles. The van der Waals surface area contributed by atoms with E-state index in [2.05, 4.69) is 4.98 Å². The van der Waals surface area contributed by atoms with E-state index >= 15 is 0 Å². The smallest absolute Gasteiger partial charge is 0.263 e. The molecule has 0 unspecified atom stereocenters. The summed E-state index contributed by atoms with van der Waals surface area (Å²) < 4.78 is 10.3. The molecule has 0 saturated carbocycles. The maximum atomic E-state index is 11.0. The standard InChI is InChI=1S/C10H9NO3/c1-6(12)10-11-8-4-3-7(13-2)5-9(8)14-10/h3-5H,1-2H3. The molecule has 1 heterocycles. The van der Waals surface area contributed by atoms with Crippen molar-refractivity contribution in [1.29, 1.82) is 0 Å². The molecule has 0 atom stereocenters. The first-order chi connectivity index (χ1) is 6.70. The van der Waals surface area contributed by atoms with Gasteiger partial charge in [-0.1, -0.05) is 0 Å². The summed E-state index contributed by atoms with van der Waals surface area (Å²) in [5, 5.41) is 0. The van der Waals surface area contributed by atoms with Crippen molar-refractivity contribution in [3.63, 3.8) is 0 Å². The highest BCUT2D eigenvalue weighted by Gasteiger charge is 2.09. The Morgan fingerprint density at radius 1 is 1.50 bits per heavy atom. The average molecular weight is 191 g/mol. The zero-order valence-electron chi connectivity index (χ0n) is 7.90. The number of Topliss-reactive ketones (excluding diaryl/α,β-unsaturated/α-hetero) is 1. The molecule has 0 aliphatic rings. The Balaban J connectivity index is 2.60. The number of hydrogen-bond acceptors (Lipinski definition) is 4. The van der Waals surface area contributed by atoms with Crippen molar-refractivity contribution in [3.05, 3.63) is 24.1 Å². The van der Waals surface area contributed by atoms with Gasteiger partial charge in [0, 0.05) is 13.0 Å². The van der Waals surface area contributed by atoms with Crippen molar-refractivity contribution in [2.75, 3.05) is 7.11 Å². The van der Waals surface area contributed by atoms with Crippen molar-refractivity contribution in [1.82, 2.24) is 4.98 Å². The van der Waals surface area contributed by atoms with Crippen LogP contribution >= 0.6 is 0 Å². The Hall–Kier alpha value is -1.84. The Bertz CT molecular complexity index is 487. The van der Waals surface area contributed by atoms with Gasteiger partial charge in [-0.3, -0.25) is 4.79 Å². The third-order valence-corrected chi connectivity index (χ3v) is 1.90. The minimum Gasteiger partial charge on any atom is -0.497 e. The van der Waals surface area contributed by atoms with Gasteiger partial charge >= 0.3 is 0 Å². The molecule has 0 radical (unpaired) electrons. The molecule has 72 valence electrons. The molecule has 0 aliphatic carbocycles. The highest BCUT2D eigenvalue weighted by atomic mass is 16.5. The molecule has 2 rings (SSSR count). The number of aromatic nitrogens is 1. The molecule has 14 heavy (non-hydrogen) atoms. The van der Waals surface area contributed by atoms with Crippen molar-refractivity contribution >= 4 is 16.9 Å². The Kier molecular flexibility index (Phi) is 1.96. The van der Waals surface area contributed by atoms with Crippen LogP contribution in [0.15, 0.2) is 22.6 Å². The number of hydrogen-bond donors (Lipinski definition) is 0. The second-order valence-electron chi connectivity index (χ2n) is 2.91. The predicted molar refractivity (Wildman–Crippen MR) is 50.6 cm³/mol. The third kappa shape index (κ3) is 1.35. The molecule has 0 aliphatic heterocycles. The van der Waals surface area contributed by atoms with E-state index in [0.29, 0.717) is 16.8 Å². The van der Waals surface area contributed by atoms with Crippen LogP contribution in [0.25, 0.3) is 11.1 Å². The molecule has 0 fully saturated rings. The van der Waals surface area contributed by atoms with Gasteiger partial charge in [-0.15, -0.1) is 0 Å². The van der Waals surface area contributed by atoms with E-state index < -0.39 is 0 Å². The fourth-order valence-corrected chi connectivity index (χ4v) is 1.18. The number of nitrogens with zero attached hydrogens (tertiary/aromatic N) is 1. The number of benzene rings is 1. The van der Waals surface area contributed by atoms with Crippen LogP contribution in [0.4, 0.5) is 0 Å². The van der Waals surface area contributed by atoms with Gasteiger partial charge in [0.2, 0.25) is 5.78 Å². The number of methoxy groups -OCH3 is 1. The molecule has 0 spiro atoms. The fourth-order valence-electron chi connectivity index (χ4n) is 1.18. The normalized spacial score (nSPS) is 10.4. The van der Waals surface area contributed by atoms with E-state index in [4.69, 9.17) is 9.15 Å². The first-order valence-corrected chi connectivity index (χ1v) is 4.16. The quantitative estimate of drug-likeness (QED) is 0.681. The Morgan fingerprint density at radius 3 is 2.93 bits per heavy atom. The van der Waals surface area contributed by atoms with Crippen molar-refractivity contribution in [3.8, 4) is 5.75 Å². The number of fused-ring (bicyclic) bond motifs is 1. The maximum absolute atomic E-state index is 11.0. The summed E-state index contributed by atoms with van der Waals surface area (Å²) in [6, 6.07) is 5.23. The highest BCUT2D eigenvalue weighted by Crippen LogP contribution is 2.21. The van der Waals surface area contributed by atoms with Gasteiger partial charge in [0.05, 0.1) is 7.11 Å². The average Bonchev–Trinajstić information content (AvgIpc) is 2.59. The monoisotopic (exact) mass is 191 g/mol. The van der Waals surface area contributed by atoms with E-state index in [0.717, 1.165) is 0 Å². The van der Waals surface area contributed by atoms with Gasteiger partial charge in [0.15, 0.2) is 5.58 Å². The lowest BCUT2D eigenvalue weighted by Crippen LogP contribution is -1.89. The van der Waals surface area contributed by atoms with Crippen LogP contribution in [0.3, 0.4) is 0 Å². The number of ether oxygens (including phenoxy) is 1. The third-order valence-electron chi connectivity index (χ3n) is 1.90. The fraction of sp³-hybridized carbons (Fsp3) is 0.200. The molecule has 2 aromatic rings. The van der Waals surface area contributed by atoms with Crippen LogP contribution in [0.5, 0.6) is 5.75 Å². The number of carbonyl (C=O) groups excluding carboxylic acids is 1. The minimum atomic E-state index is -0.180. The van der Waals surface area contributed by atoms with Crippen LogP contribution < -0.4 is 4.74 Å². The number of ketones is 1. The topological polar surface area (TPSA) is 52.3 Å². The van der Waals surface area contributed by atoms with Crippen molar-refractivity contribution < 1.29 is 13.9 Å². The van der Waals surface area contributed by atoms with E-state index in [-0.39, 0.29) is 11.7 Å². The Morgan fingerprint density at radius 2 is 2.29 bits per heavy atom. The number of rotatable bonds is 2. The summed E-state index contributed by atoms with van der Waals surface area (Å²) in [5.74, 6) is 0.636. The maximum Gasteiger partial charge on any atom is 0.263 e. The van der Waals surface area contributed by atoms with Crippen LogP contribution in [0.2, 0.25) is 0 Å². The molecule has 4 heteroatoms. The lowest BCUT2D eigenvalue weighted by Gasteiger charge is -1.95. The molecule has 4 nitrogen and oxygen atoms in total. The second kappa shape index (κ2) is 3.14. The number of carbonyl (C=O) groups is 1. The number of oxazole rings is 1. The zero-order chi connectivity index (χ0) is 10.1. The largest absolute Gasteiger partial charge is 0.497 e. The molecule has 0 N–H and O–H groups in total. The molecule has 1 aromatic heterocycles. The van der Waals surface area contributed by atoms with E-state index in [9.17, 15) is 4.79 Å². The first-order valence-electron chi connectivity index (χ1n) is 4.16. The van der Waals surface area contributed by atoms with Crippen molar-refractivity contribution in [2.45, 2.75) is 6.92 Å². The lowest BCUT2D eigenvalue weighted by atomic mass is 10.3. The zero-order valence-corrected chi connectivity index (χ0v) is 7.90. The highest BCUT2D eigenvalue weighted by molar-refractivity contribution is 5.92. The van der Waals surface area contributed by atoms with E-state index in [1.807, 2.05) is 0 Å². The minimum absolute atomic E-state index is 0.133. The van der Waals surface area contributed by atoms with Crippen LogP contribution in [-0.4, -0.2) is 17.9 Å². The Labute approximate surface area is 80.5 Å². The predicted octanol–water partition coefficient (Wildman–Crippen LogP) is 2.04. The summed E-state index contributed by atoms with van der Waals surface area (Å²) in [6.07, 6.45) is 0. The summed E-state index contributed by atoms with van der Waals surface area (Å²) in [7, 11) is 1.57. The van der Waals surface area contributed by atoms with Gasteiger partial charge in [-0.2, -0.15) is 0 Å².